The van der Waals surface area contributed by atoms with E-state index in [0.717, 1.165) is 17.5 Å². The summed E-state index contributed by atoms with van der Waals surface area (Å²) in [6.45, 7) is 7.48. The van der Waals surface area contributed by atoms with Crippen molar-refractivity contribution in [2.75, 3.05) is 18.1 Å². The van der Waals surface area contributed by atoms with Gasteiger partial charge < -0.3 is 0 Å². The summed E-state index contributed by atoms with van der Waals surface area (Å²) in [6.07, 6.45) is 0.805. The van der Waals surface area contributed by atoms with E-state index in [2.05, 4.69) is 31.7 Å². The second kappa shape index (κ2) is 7.46. The molecule has 2 atom stereocenters. The van der Waals surface area contributed by atoms with Gasteiger partial charge in [-0.2, -0.15) is 0 Å². The van der Waals surface area contributed by atoms with Crippen molar-refractivity contribution in [3.8, 4) is 0 Å². The summed E-state index contributed by atoms with van der Waals surface area (Å²) in [5, 5.41) is -0.937. The first-order valence-corrected chi connectivity index (χ1v) is 13.7. The molecule has 2 aromatic carbocycles. The van der Waals surface area contributed by atoms with Gasteiger partial charge >= 0.3 is 0 Å². The van der Waals surface area contributed by atoms with E-state index in [1.54, 1.807) is 12.1 Å². The lowest BCUT2D eigenvalue weighted by Crippen LogP contribution is -2.48. The van der Waals surface area contributed by atoms with Crippen molar-refractivity contribution in [3.63, 3.8) is 0 Å². The van der Waals surface area contributed by atoms with Crippen LogP contribution in [0.1, 0.15) is 37.5 Å². The first-order valence-electron chi connectivity index (χ1n) is 10.3. The summed E-state index contributed by atoms with van der Waals surface area (Å²) >= 11 is 0. The Balaban J connectivity index is 1.66. The fraction of sp³-hybridized carbons (Fsp3) is 0.478. The minimum atomic E-state index is -3.77. The molecule has 2 heterocycles. The largest absolute Gasteiger partial charge is 0.293 e. The standard InChI is InChI=1S/C23H29NO4S2/c1-23(2,3)19-8-10-20(11-9-19)30(27,28)22-16-29(25,26)15-21(22)24-13-12-17-6-4-5-7-18(17)14-24/h4-11,21-22H,12-16H2,1-3H3/t21-,22-/m0/s1. The Kier molecular flexibility index (Phi) is 5.36. The Labute approximate surface area is 180 Å². The van der Waals surface area contributed by atoms with Crippen LogP contribution in [0, 0.1) is 0 Å². The lowest BCUT2D eigenvalue weighted by Gasteiger charge is -2.35. The zero-order valence-corrected chi connectivity index (χ0v) is 19.3. The number of hydrogen-bond donors (Lipinski definition) is 0. The molecule has 0 spiro atoms. The summed E-state index contributed by atoms with van der Waals surface area (Å²) < 4.78 is 52.0. The topological polar surface area (TPSA) is 71.5 Å². The van der Waals surface area contributed by atoms with Gasteiger partial charge in [-0.3, -0.25) is 4.90 Å². The van der Waals surface area contributed by atoms with Crippen LogP contribution in [0.2, 0.25) is 0 Å². The third-order valence-electron chi connectivity index (χ3n) is 6.35. The van der Waals surface area contributed by atoms with Gasteiger partial charge in [-0.15, -0.1) is 0 Å². The monoisotopic (exact) mass is 447 g/mol. The summed E-state index contributed by atoms with van der Waals surface area (Å²) in [5.41, 5.74) is 3.37. The Hall–Kier alpha value is -1.70. The molecule has 0 unspecified atom stereocenters. The van der Waals surface area contributed by atoms with Crippen molar-refractivity contribution in [2.24, 2.45) is 0 Å². The van der Waals surface area contributed by atoms with E-state index in [4.69, 9.17) is 0 Å². The molecule has 0 saturated carbocycles. The molecule has 0 aromatic heterocycles. The Bertz CT molecular complexity index is 1150. The van der Waals surface area contributed by atoms with Crippen molar-refractivity contribution in [2.45, 2.75) is 55.3 Å². The van der Waals surface area contributed by atoms with Crippen molar-refractivity contribution >= 4 is 19.7 Å². The number of hydrogen-bond acceptors (Lipinski definition) is 5. The van der Waals surface area contributed by atoms with Crippen molar-refractivity contribution in [1.29, 1.82) is 0 Å². The Morgan fingerprint density at radius 3 is 2.20 bits per heavy atom. The maximum absolute atomic E-state index is 13.5. The van der Waals surface area contributed by atoms with Gasteiger partial charge in [0.15, 0.2) is 19.7 Å². The van der Waals surface area contributed by atoms with Crippen LogP contribution in [-0.2, 0) is 38.1 Å². The highest BCUT2D eigenvalue weighted by Gasteiger charge is 2.48. The number of sulfone groups is 2. The van der Waals surface area contributed by atoms with Crippen LogP contribution in [0.15, 0.2) is 53.4 Å². The number of benzene rings is 2. The van der Waals surface area contributed by atoms with Gasteiger partial charge in [0.05, 0.1) is 21.7 Å². The van der Waals surface area contributed by atoms with Crippen molar-refractivity contribution < 1.29 is 16.8 Å². The van der Waals surface area contributed by atoms with Crippen LogP contribution in [0.25, 0.3) is 0 Å². The van der Waals surface area contributed by atoms with E-state index >= 15 is 0 Å². The molecule has 0 aliphatic carbocycles. The van der Waals surface area contributed by atoms with Gasteiger partial charge in [0, 0.05) is 19.1 Å². The molecule has 0 N–H and O–H groups in total. The SMILES string of the molecule is CC(C)(C)c1ccc(S(=O)(=O)[C@H]2CS(=O)(=O)C[C@@H]2N2CCc3ccccc3C2)cc1. The van der Waals surface area contributed by atoms with Crippen LogP contribution in [0.4, 0.5) is 0 Å². The third-order valence-corrected chi connectivity index (χ3v) is 10.5. The highest BCUT2D eigenvalue weighted by molar-refractivity contribution is 7.96. The van der Waals surface area contributed by atoms with Gasteiger partial charge in [0.1, 0.15) is 0 Å². The molecule has 2 aliphatic heterocycles. The van der Waals surface area contributed by atoms with Gasteiger partial charge in [-0.1, -0.05) is 57.2 Å². The molecule has 0 amide bonds. The number of nitrogens with zero attached hydrogens (tertiary/aromatic N) is 1. The van der Waals surface area contributed by atoms with Gasteiger partial charge in [-0.05, 0) is 40.7 Å². The average molecular weight is 448 g/mol. The highest BCUT2D eigenvalue weighted by Crippen LogP contribution is 2.33. The van der Waals surface area contributed by atoms with E-state index in [1.165, 1.54) is 5.56 Å². The predicted molar refractivity (Wildman–Crippen MR) is 119 cm³/mol. The molecule has 1 fully saturated rings. The summed E-state index contributed by atoms with van der Waals surface area (Å²) in [6, 6.07) is 14.5. The first-order chi connectivity index (χ1) is 14.0. The van der Waals surface area contributed by atoms with E-state index in [-0.39, 0.29) is 21.8 Å². The zero-order valence-electron chi connectivity index (χ0n) is 17.7. The van der Waals surface area contributed by atoms with E-state index in [1.807, 2.05) is 30.3 Å². The molecule has 162 valence electrons. The minimum Gasteiger partial charge on any atom is -0.293 e. The molecular formula is C23H29NO4S2. The summed E-state index contributed by atoms with van der Waals surface area (Å²) in [4.78, 5) is 2.26. The van der Waals surface area contributed by atoms with Gasteiger partial charge in [-0.25, -0.2) is 16.8 Å². The molecule has 2 aliphatic rings. The third kappa shape index (κ3) is 4.07. The smallest absolute Gasteiger partial charge is 0.183 e. The minimum absolute atomic E-state index is 0.0806. The molecule has 4 rings (SSSR count). The van der Waals surface area contributed by atoms with Crippen molar-refractivity contribution in [1.82, 2.24) is 4.90 Å². The lowest BCUT2D eigenvalue weighted by atomic mass is 9.87. The molecule has 2 aromatic rings. The van der Waals surface area contributed by atoms with E-state index in [0.29, 0.717) is 13.1 Å². The Morgan fingerprint density at radius 2 is 1.57 bits per heavy atom. The van der Waals surface area contributed by atoms with E-state index < -0.39 is 31.0 Å². The first kappa shape index (κ1) is 21.5. The predicted octanol–water partition coefficient (Wildman–Crippen LogP) is 2.98. The summed E-state index contributed by atoms with van der Waals surface area (Å²) in [7, 11) is -7.18. The molecular weight excluding hydrogens is 418 g/mol. The van der Waals surface area contributed by atoms with Gasteiger partial charge in [0.2, 0.25) is 0 Å². The second-order valence-corrected chi connectivity index (χ2v) is 13.8. The molecule has 5 nitrogen and oxygen atoms in total. The maximum atomic E-state index is 13.5. The van der Waals surface area contributed by atoms with Crippen LogP contribution >= 0.6 is 0 Å². The highest BCUT2D eigenvalue weighted by atomic mass is 32.2. The van der Waals surface area contributed by atoms with Crippen LogP contribution < -0.4 is 0 Å². The van der Waals surface area contributed by atoms with Crippen LogP contribution in [-0.4, -0.2) is 51.1 Å². The fourth-order valence-electron chi connectivity index (χ4n) is 4.55. The molecule has 0 bridgehead atoms. The quantitative estimate of drug-likeness (QED) is 0.723. The van der Waals surface area contributed by atoms with Crippen molar-refractivity contribution in [3.05, 3.63) is 65.2 Å². The van der Waals surface area contributed by atoms with Crippen LogP contribution in [0.3, 0.4) is 0 Å². The Morgan fingerprint density at radius 1 is 0.933 bits per heavy atom. The van der Waals surface area contributed by atoms with Gasteiger partial charge in [0.25, 0.3) is 0 Å². The summed E-state index contributed by atoms with van der Waals surface area (Å²) in [5.74, 6) is -0.404. The second-order valence-electron chi connectivity index (χ2n) is 9.49. The molecule has 7 heteroatoms. The number of fused-ring (bicyclic) bond motifs is 1. The zero-order chi connectivity index (χ0) is 21.7. The molecule has 1 saturated heterocycles. The molecule has 0 radical (unpaired) electrons. The normalized spacial score (nSPS) is 24.5. The number of rotatable bonds is 3. The molecule has 30 heavy (non-hydrogen) atoms. The van der Waals surface area contributed by atoms with Crippen LogP contribution in [0.5, 0.6) is 0 Å². The lowest BCUT2D eigenvalue weighted by molar-refractivity contribution is 0.195. The fourth-order valence-corrected chi connectivity index (χ4v) is 9.38. The van der Waals surface area contributed by atoms with E-state index in [9.17, 15) is 16.8 Å². The maximum Gasteiger partial charge on any atom is 0.183 e. The average Bonchev–Trinajstić information content (AvgIpc) is 3.03.